The summed E-state index contributed by atoms with van der Waals surface area (Å²) in [6, 6.07) is 6.99. The number of rotatable bonds is 5. The largest absolute Gasteiger partial charge is 0.325 e. The second-order valence-corrected chi connectivity index (χ2v) is 6.97. The number of amidine groups is 1. The summed E-state index contributed by atoms with van der Waals surface area (Å²) < 4.78 is 0. The number of aliphatic imine (C=N–C) groups is 1. The Morgan fingerprint density at radius 3 is 2.86 bits per heavy atom. The van der Waals surface area contributed by atoms with Gasteiger partial charge in [-0.15, -0.1) is 0 Å². The molecule has 1 atom stereocenters. The molecular formula is C15H18ClN3O2S. The molecule has 22 heavy (non-hydrogen) atoms. The Labute approximate surface area is 138 Å². The number of nitrogens with one attached hydrogen (secondary N) is 2. The lowest BCUT2D eigenvalue weighted by molar-refractivity contribution is -0.122. The summed E-state index contributed by atoms with van der Waals surface area (Å²) in [6.45, 7) is 4.77. The summed E-state index contributed by atoms with van der Waals surface area (Å²) in [6.07, 6.45) is 0.0857. The third kappa shape index (κ3) is 4.74. The van der Waals surface area contributed by atoms with Crippen molar-refractivity contribution in [1.29, 1.82) is 0 Å². The van der Waals surface area contributed by atoms with Gasteiger partial charge in [0.25, 0.3) is 0 Å². The summed E-state index contributed by atoms with van der Waals surface area (Å²) in [7, 11) is 0. The van der Waals surface area contributed by atoms with Crippen molar-refractivity contribution < 1.29 is 9.59 Å². The van der Waals surface area contributed by atoms with Crippen LogP contribution in [0.4, 0.5) is 5.69 Å². The Balaban J connectivity index is 1.91. The first-order valence-corrected chi connectivity index (χ1v) is 8.28. The molecule has 2 rings (SSSR count). The van der Waals surface area contributed by atoms with Crippen molar-refractivity contribution in [1.82, 2.24) is 5.32 Å². The Morgan fingerprint density at radius 1 is 1.45 bits per heavy atom. The molecule has 0 saturated carbocycles. The summed E-state index contributed by atoms with van der Waals surface area (Å²) in [4.78, 5) is 28.2. The monoisotopic (exact) mass is 339 g/mol. The predicted octanol–water partition coefficient (Wildman–Crippen LogP) is 2.91. The van der Waals surface area contributed by atoms with Gasteiger partial charge in [0.05, 0.1) is 10.7 Å². The molecule has 1 unspecified atom stereocenters. The van der Waals surface area contributed by atoms with Gasteiger partial charge in [-0.3, -0.25) is 14.6 Å². The highest BCUT2D eigenvalue weighted by Crippen LogP contribution is 2.25. The molecule has 5 nitrogen and oxygen atoms in total. The van der Waals surface area contributed by atoms with Crippen molar-refractivity contribution in [2.75, 3.05) is 11.9 Å². The molecular weight excluding hydrogens is 322 g/mol. The minimum atomic E-state index is -0.451. The van der Waals surface area contributed by atoms with Crippen LogP contribution in [0.5, 0.6) is 0 Å². The number of anilines is 1. The Bertz CT molecular complexity index is 604. The minimum Gasteiger partial charge on any atom is -0.325 e. The van der Waals surface area contributed by atoms with Gasteiger partial charge in [-0.2, -0.15) is 0 Å². The Hall–Kier alpha value is -1.53. The van der Waals surface area contributed by atoms with E-state index in [4.69, 9.17) is 11.6 Å². The van der Waals surface area contributed by atoms with Gasteiger partial charge in [0.15, 0.2) is 5.17 Å². The zero-order chi connectivity index (χ0) is 16.1. The maximum Gasteiger partial charge on any atom is 0.240 e. The molecule has 118 valence electrons. The van der Waals surface area contributed by atoms with E-state index in [1.165, 1.54) is 11.8 Å². The minimum absolute atomic E-state index is 0.0857. The first-order valence-electron chi connectivity index (χ1n) is 7.02. The molecule has 2 N–H and O–H groups in total. The van der Waals surface area contributed by atoms with E-state index in [1.54, 1.807) is 24.3 Å². The average Bonchev–Trinajstić information content (AvgIpc) is 2.79. The molecule has 1 heterocycles. The fourth-order valence-corrected chi connectivity index (χ4v) is 2.97. The number of amides is 2. The van der Waals surface area contributed by atoms with Gasteiger partial charge in [-0.05, 0) is 18.1 Å². The summed E-state index contributed by atoms with van der Waals surface area (Å²) in [5.74, 6) is 0.000229. The van der Waals surface area contributed by atoms with E-state index in [0.717, 1.165) is 0 Å². The fourth-order valence-electron chi connectivity index (χ4n) is 1.81. The fraction of sp³-hybridized carbons (Fsp3) is 0.400. The zero-order valence-corrected chi connectivity index (χ0v) is 14.0. The number of benzene rings is 1. The molecule has 7 heteroatoms. The zero-order valence-electron chi connectivity index (χ0n) is 12.4. The summed E-state index contributed by atoms with van der Waals surface area (Å²) >= 11 is 7.29. The number of thioether (sulfide) groups is 1. The van der Waals surface area contributed by atoms with Crippen LogP contribution in [0, 0.1) is 5.92 Å². The van der Waals surface area contributed by atoms with Gasteiger partial charge < -0.3 is 10.6 Å². The van der Waals surface area contributed by atoms with Gasteiger partial charge >= 0.3 is 0 Å². The Morgan fingerprint density at radius 2 is 2.18 bits per heavy atom. The second-order valence-electron chi connectivity index (χ2n) is 5.37. The van der Waals surface area contributed by atoms with E-state index >= 15 is 0 Å². The lowest BCUT2D eigenvalue weighted by atomic mass is 10.2. The van der Waals surface area contributed by atoms with E-state index in [-0.39, 0.29) is 18.2 Å². The normalized spacial score (nSPS) is 19.5. The van der Waals surface area contributed by atoms with E-state index in [1.807, 2.05) is 0 Å². The summed E-state index contributed by atoms with van der Waals surface area (Å²) in [5.41, 5.74) is 0.547. The van der Waals surface area contributed by atoms with E-state index in [2.05, 4.69) is 29.5 Å². The van der Waals surface area contributed by atoms with Crippen molar-refractivity contribution >= 4 is 46.0 Å². The van der Waals surface area contributed by atoms with Crippen LogP contribution in [-0.4, -0.2) is 28.8 Å². The quantitative estimate of drug-likeness (QED) is 0.866. The number of carbonyl (C=O) groups is 2. The molecule has 1 saturated heterocycles. The topological polar surface area (TPSA) is 70.6 Å². The van der Waals surface area contributed by atoms with Crippen LogP contribution in [0.2, 0.25) is 5.02 Å². The smallest absolute Gasteiger partial charge is 0.240 e. The van der Waals surface area contributed by atoms with Crippen molar-refractivity contribution in [3.8, 4) is 0 Å². The van der Waals surface area contributed by atoms with Crippen LogP contribution < -0.4 is 10.6 Å². The number of hydrogen-bond acceptors (Lipinski definition) is 4. The molecule has 2 amide bonds. The lowest BCUT2D eigenvalue weighted by Gasteiger charge is -2.08. The molecule has 0 aliphatic carbocycles. The first-order chi connectivity index (χ1) is 10.5. The maximum atomic E-state index is 12.0. The van der Waals surface area contributed by atoms with E-state index in [0.29, 0.717) is 28.3 Å². The van der Waals surface area contributed by atoms with E-state index in [9.17, 15) is 9.59 Å². The van der Waals surface area contributed by atoms with Gasteiger partial charge in [-0.1, -0.05) is 49.3 Å². The van der Waals surface area contributed by atoms with Crippen LogP contribution >= 0.6 is 23.4 Å². The van der Waals surface area contributed by atoms with Crippen molar-refractivity contribution in [2.45, 2.75) is 25.5 Å². The predicted molar refractivity (Wildman–Crippen MR) is 91.4 cm³/mol. The summed E-state index contributed by atoms with van der Waals surface area (Å²) in [5, 5.41) is 6.04. The van der Waals surface area contributed by atoms with Gasteiger partial charge in [0.2, 0.25) is 11.8 Å². The number of para-hydroxylation sites is 1. The van der Waals surface area contributed by atoms with Gasteiger partial charge in [-0.25, -0.2) is 0 Å². The van der Waals surface area contributed by atoms with Crippen LogP contribution in [-0.2, 0) is 9.59 Å². The highest BCUT2D eigenvalue weighted by atomic mass is 35.5. The number of nitrogens with zero attached hydrogens (tertiary/aromatic N) is 1. The molecule has 1 aromatic rings. The molecule has 1 aromatic carbocycles. The molecule has 0 bridgehead atoms. The second kappa shape index (κ2) is 7.65. The van der Waals surface area contributed by atoms with Crippen LogP contribution in [0.1, 0.15) is 20.3 Å². The molecule has 0 radical (unpaired) electrons. The SMILES string of the molecule is CC(C)CN=C1NC(=O)C(CC(=O)Nc2ccccc2Cl)S1. The number of hydrogen-bond donors (Lipinski definition) is 2. The van der Waals surface area contributed by atoms with Crippen molar-refractivity contribution in [3.63, 3.8) is 0 Å². The molecule has 0 spiro atoms. The number of carbonyl (C=O) groups excluding carboxylic acids is 2. The number of halogens is 1. The third-order valence-electron chi connectivity index (χ3n) is 2.90. The highest BCUT2D eigenvalue weighted by molar-refractivity contribution is 8.15. The van der Waals surface area contributed by atoms with Crippen LogP contribution in [0.25, 0.3) is 0 Å². The molecule has 1 fully saturated rings. The van der Waals surface area contributed by atoms with Crippen molar-refractivity contribution in [3.05, 3.63) is 29.3 Å². The maximum absolute atomic E-state index is 12.0. The molecule has 0 aromatic heterocycles. The van der Waals surface area contributed by atoms with Gasteiger partial charge in [0, 0.05) is 13.0 Å². The third-order valence-corrected chi connectivity index (χ3v) is 4.34. The van der Waals surface area contributed by atoms with E-state index < -0.39 is 5.25 Å². The average molecular weight is 340 g/mol. The van der Waals surface area contributed by atoms with Gasteiger partial charge in [0.1, 0.15) is 5.25 Å². The molecule has 1 aliphatic heterocycles. The Kier molecular flexibility index (Phi) is 5.85. The highest BCUT2D eigenvalue weighted by Gasteiger charge is 2.32. The van der Waals surface area contributed by atoms with Crippen LogP contribution in [0.3, 0.4) is 0 Å². The van der Waals surface area contributed by atoms with Crippen molar-refractivity contribution in [2.24, 2.45) is 10.9 Å². The lowest BCUT2D eigenvalue weighted by Crippen LogP contribution is -2.28. The molecule has 1 aliphatic rings. The standard InChI is InChI=1S/C15H18ClN3O2S/c1-9(2)8-17-15-19-14(21)12(22-15)7-13(20)18-11-6-4-3-5-10(11)16/h3-6,9,12H,7-8H2,1-2H3,(H,18,20)(H,17,19,21). The first kappa shape index (κ1) is 16.8. The van der Waals surface area contributed by atoms with Crippen LogP contribution in [0.15, 0.2) is 29.3 Å².